The monoisotopic (exact) mass is 288 g/mol. The Morgan fingerprint density at radius 1 is 1.30 bits per heavy atom. The molecule has 0 bridgehead atoms. The summed E-state index contributed by atoms with van der Waals surface area (Å²) in [7, 11) is 3.53. The van der Waals surface area contributed by atoms with Gasteiger partial charge in [-0.25, -0.2) is 4.98 Å². The lowest BCUT2D eigenvalue weighted by molar-refractivity contribution is 0.181. The van der Waals surface area contributed by atoms with Gasteiger partial charge in [-0.1, -0.05) is 11.6 Å². The molecule has 20 heavy (non-hydrogen) atoms. The molecule has 0 aliphatic rings. The molecule has 0 saturated heterocycles. The van der Waals surface area contributed by atoms with Crippen molar-refractivity contribution in [3.05, 3.63) is 41.4 Å². The van der Waals surface area contributed by atoms with Gasteiger partial charge in [-0.05, 0) is 18.2 Å². The second kappa shape index (κ2) is 5.19. The molecule has 0 aliphatic heterocycles. The van der Waals surface area contributed by atoms with Crippen LogP contribution in [0.3, 0.4) is 0 Å². The van der Waals surface area contributed by atoms with E-state index < -0.39 is 0 Å². The van der Waals surface area contributed by atoms with Crippen molar-refractivity contribution >= 4 is 22.6 Å². The van der Waals surface area contributed by atoms with E-state index in [0.29, 0.717) is 11.8 Å². The number of fused-ring (bicyclic) bond motifs is 1. The van der Waals surface area contributed by atoms with E-state index in [4.69, 9.17) is 16.3 Å². The van der Waals surface area contributed by atoms with E-state index in [1.54, 1.807) is 17.9 Å². The zero-order valence-corrected chi connectivity index (χ0v) is 11.9. The average Bonchev–Trinajstić information content (AvgIpc) is 2.79. The Morgan fingerprint density at radius 2 is 2.15 bits per heavy atom. The summed E-state index contributed by atoms with van der Waals surface area (Å²) in [6, 6.07) is 5.55. The zero-order valence-electron chi connectivity index (χ0n) is 11.2. The summed E-state index contributed by atoms with van der Waals surface area (Å²) in [6.07, 6.45) is 3.76. The first-order valence-electron chi connectivity index (χ1n) is 6.11. The van der Waals surface area contributed by atoms with Crippen molar-refractivity contribution in [3.63, 3.8) is 0 Å². The lowest BCUT2D eigenvalue weighted by Gasteiger charge is -2.03. The fourth-order valence-corrected chi connectivity index (χ4v) is 2.30. The number of pyridine rings is 2. The number of rotatable bonds is 3. The molecule has 0 aromatic carbocycles. The van der Waals surface area contributed by atoms with Crippen LogP contribution in [0, 0.1) is 0 Å². The van der Waals surface area contributed by atoms with Crippen molar-refractivity contribution in [2.24, 2.45) is 7.05 Å². The fourth-order valence-electron chi connectivity index (χ4n) is 2.15. The summed E-state index contributed by atoms with van der Waals surface area (Å²) in [5, 5.41) is 4.85. The average molecular weight is 289 g/mol. The van der Waals surface area contributed by atoms with Gasteiger partial charge in [-0.3, -0.25) is 9.67 Å². The number of hydrogen-bond donors (Lipinski definition) is 0. The molecule has 5 nitrogen and oxygen atoms in total. The van der Waals surface area contributed by atoms with Crippen molar-refractivity contribution < 1.29 is 4.74 Å². The molecule has 0 atom stereocenters. The first-order valence-corrected chi connectivity index (χ1v) is 6.49. The quantitative estimate of drug-likeness (QED) is 0.696. The molecule has 0 fully saturated rings. The second-order valence-electron chi connectivity index (χ2n) is 4.49. The third-order valence-electron chi connectivity index (χ3n) is 3.00. The summed E-state index contributed by atoms with van der Waals surface area (Å²) in [5.41, 5.74) is 4.40. The lowest BCUT2D eigenvalue weighted by Crippen LogP contribution is -1.93. The van der Waals surface area contributed by atoms with E-state index in [2.05, 4.69) is 15.1 Å². The van der Waals surface area contributed by atoms with Crippen LogP contribution < -0.4 is 0 Å². The zero-order chi connectivity index (χ0) is 14.1. The van der Waals surface area contributed by atoms with Crippen LogP contribution in [0.15, 0.2) is 30.6 Å². The number of halogens is 1. The molecule has 0 N–H and O–H groups in total. The number of methoxy groups -OCH3 is 1. The standard InChI is InChI=1S/C14H13ClN4O/c1-19-7-10(13(18-19)8-20-2)9-5-12-11(16-6-9)3-4-14(15)17-12/h3-7H,8H2,1-2H3. The van der Waals surface area contributed by atoms with Crippen LogP contribution in [0.4, 0.5) is 0 Å². The van der Waals surface area contributed by atoms with Gasteiger partial charge in [0, 0.05) is 37.7 Å². The lowest BCUT2D eigenvalue weighted by atomic mass is 10.1. The van der Waals surface area contributed by atoms with Crippen LogP contribution in [0.1, 0.15) is 5.69 Å². The van der Waals surface area contributed by atoms with Crippen LogP contribution in [0.5, 0.6) is 0 Å². The molecule has 6 heteroatoms. The SMILES string of the molecule is COCc1nn(C)cc1-c1cnc2ccc(Cl)nc2c1. The third-order valence-corrected chi connectivity index (χ3v) is 3.21. The molecule has 3 aromatic rings. The van der Waals surface area contributed by atoms with Gasteiger partial charge in [-0.15, -0.1) is 0 Å². The van der Waals surface area contributed by atoms with Gasteiger partial charge in [0.1, 0.15) is 5.15 Å². The molecular weight excluding hydrogens is 276 g/mol. The number of hydrogen-bond acceptors (Lipinski definition) is 4. The minimum absolute atomic E-state index is 0.456. The van der Waals surface area contributed by atoms with Crippen molar-refractivity contribution in [2.45, 2.75) is 6.61 Å². The summed E-state index contributed by atoms with van der Waals surface area (Å²) >= 11 is 5.93. The van der Waals surface area contributed by atoms with Crippen molar-refractivity contribution in [1.29, 1.82) is 0 Å². The smallest absolute Gasteiger partial charge is 0.129 e. The molecule has 3 aromatic heterocycles. The highest BCUT2D eigenvalue weighted by Crippen LogP contribution is 2.25. The molecule has 0 radical (unpaired) electrons. The molecule has 102 valence electrons. The molecule has 0 aliphatic carbocycles. The minimum atomic E-state index is 0.456. The first kappa shape index (κ1) is 13.0. The van der Waals surface area contributed by atoms with E-state index in [-0.39, 0.29) is 0 Å². The van der Waals surface area contributed by atoms with Gasteiger partial charge >= 0.3 is 0 Å². The summed E-state index contributed by atoms with van der Waals surface area (Å²) in [4.78, 5) is 8.70. The van der Waals surface area contributed by atoms with Crippen molar-refractivity contribution in [2.75, 3.05) is 7.11 Å². The van der Waals surface area contributed by atoms with Crippen LogP contribution in [-0.4, -0.2) is 26.9 Å². The normalized spacial score (nSPS) is 11.2. The highest BCUT2D eigenvalue weighted by atomic mass is 35.5. The van der Waals surface area contributed by atoms with Crippen LogP contribution in [0.2, 0.25) is 5.15 Å². The van der Waals surface area contributed by atoms with E-state index in [1.165, 1.54) is 0 Å². The van der Waals surface area contributed by atoms with Gasteiger partial charge in [0.15, 0.2) is 0 Å². The second-order valence-corrected chi connectivity index (χ2v) is 4.88. The molecule has 0 amide bonds. The van der Waals surface area contributed by atoms with Crippen molar-refractivity contribution in [1.82, 2.24) is 19.7 Å². The topological polar surface area (TPSA) is 52.8 Å². The van der Waals surface area contributed by atoms with E-state index in [9.17, 15) is 0 Å². The van der Waals surface area contributed by atoms with Gasteiger partial charge in [-0.2, -0.15) is 5.10 Å². The van der Waals surface area contributed by atoms with E-state index >= 15 is 0 Å². The largest absolute Gasteiger partial charge is 0.378 e. The number of aryl methyl sites for hydroxylation is 1. The third kappa shape index (κ3) is 2.37. The van der Waals surface area contributed by atoms with Crippen LogP contribution >= 0.6 is 11.6 Å². The molecule has 0 saturated carbocycles. The molecule has 3 rings (SSSR count). The molecular formula is C14H13ClN4O. The Hall–Kier alpha value is -1.98. The van der Waals surface area contributed by atoms with Crippen LogP contribution in [-0.2, 0) is 18.4 Å². The van der Waals surface area contributed by atoms with E-state index in [0.717, 1.165) is 27.9 Å². The minimum Gasteiger partial charge on any atom is -0.378 e. The maximum absolute atomic E-state index is 5.93. The molecule has 0 unspecified atom stereocenters. The Morgan fingerprint density at radius 3 is 2.95 bits per heavy atom. The maximum Gasteiger partial charge on any atom is 0.129 e. The molecule has 3 heterocycles. The predicted molar refractivity (Wildman–Crippen MR) is 77.5 cm³/mol. The highest BCUT2D eigenvalue weighted by Gasteiger charge is 2.11. The Bertz CT molecular complexity index is 769. The molecule has 0 spiro atoms. The number of ether oxygens (including phenoxy) is 1. The Labute approximate surface area is 121 Å². The predicted octanol–water partition coefficient (Wildman–Crippen LogP) is 2.83. The summed E-state index contributed by atoms with van der Waals surface area (Å²) in [5.74, 6) is 0. The van der Waals surface area contributed by atoms with Crippen molar-refractivity contribution in [3.8, 4) is 11.1 Å². The summed E-state index contributed by atoms with van der Waals surface area (Å²) in [6.45, 7) is 0.456. The first-order chi connectivity index (χ1) is 9.67. The van der Waals surface area contributed by atoms with Gasteiger partial charge in [0.05, 0.1) is 23.3 Å². The van der Waals surface area contributed by atoms with Gasteiger partial charge < -0.3 is 4.74 Å². The highest BCUT2D eigenvalue weighted by molar-refractivity contribution is 6.29. The maximum atomic E-state index is 5.93. The van der Waals surface area contributed by atoms with Gasteiger partial charge in [0.2, 0.25) is 0 Å². The van der Waals surface area contributed by atoms with Gasteiger partial charge in [0.25, 0.3) is 0 Å². The van der Waals surface area contributed by atoms with Crippen LogP contribution in [0.25, 0.3) is 22.2 Å². The van der Waals surface area contributed by atoms with E-state index in [1.807, 2.05) is 31.6 Å². The number of nitrogens with zero attached hydrogens (tertiary/aromatic N) is 4. The Kier molecular flexibility index (Phi) is 3.38. The fraction of sp³-hybridized carbons (Fsp3) is 0.214. The number of aromatic nitrogens is 4. The Balaban J connectivity index is 2.14. The summed E-state index contributed by atoms with van der Waals surface area (Å²) < 4.78 is 6.94.